The number of rotatable bonds is 2. The molecule has 0 aromatic heterocycles. The summed E-state index contributed by atoms with van der Waals surface area (Å²) in [5.41, 5.74) is 7.38. The molecule has 2 rings (SSSR count). The minimum absolute atomic E-state index is 0.406. The summed E-state index contributed by atoms with van der Waals surface area (Å²) < 4.78 is 1.30. The highest BCUT2D eigenvalue weighted by molar-refractivity contribution is 14.1. The molecule has 0 spiro atoms. The highest BCUT2D eigenvalue weighted by atomic mass is 127. The van der Waals surface area contributed by atoms with Gasteiger partial charge in [-0.3, -0.25) is 4.90 Å². The molecule has 1 heterocycles. The Morgan fingerprint density at radius 1 is 1.38 bits per heavy atom. The lowest BCUT2D eigenvalue weighted by molar-refractivity contribution is 0.140. The number of likely N-dealkylation sites (tertiary alicyclic amines) is 1. The van der Waals surface area contributed by atoms with E-state index in [9.17, 15) is 0 Å². The highest BCUT2D eigenvalue weighted by Gasteiger charge is 2.22. The monoisotopic (exact) mass is 330 g/mol. The zero-order chi connectivity index (χ0) is 11.5. The lowest BCUT2D eigenvalue weighted by Crippen LogP contribution is -2.44. The molecule has 0 amide bonds. The molecule has 1 aromatic carbocycles. The number of nitrogens with zero attached hydrogens (tertiary/aromatic N) is 1. The van der Waals surface area contributed by atoms with Crippen LogP contribution in [0.25, 0.3) is 0 Å². The van der Waals surface area contributed by atoms with E-state index in [2.05, 4.69) is 58.7 Å². The molecule has 2 unspecified atom stereocenters. The molecule has 1 aliphatic heterocycles. The second-order valence-corrected chi connectivity index (χ2v) is 5.98. The van der Waals surface area contributed by atoms with Gasteiger partial charge in [-0.05, 0) is 60.1 Å². The molecule has 0 bridgehead atoms. The standard InChI is InChI=1S/C13H19IN2/c1-10-8-13(15)6-7-16(10)9-11-2-4-12(14)5-3-11/h2-5,10,13H,6-9,15H2,1H3. The van der Waals surface area contributed by atoms with E-state index in [0.29, 0.717) is 12.1 Å². The Kier molecular flexibility index (Phi) is 4.21. The maximum atomic E-state index is 5.97. The third-order valence-corrected chi connectivity index (χ3v) is 4.07. The smallest absolute Gasteiger partial charge is 0.0236 e. The Hall–Kier alpha value is -0.130. The van der Waals surface area contributed by atoms with Crippen molar-refractivity contribution in [2.45, 2.75) is 38.4 Å². The van der Waals surface area contributed by atoms with Crippen LogP contribution in [0.5, 0.6) is 0 Å². The largest absolute Gasteiger partial charge is 0.328 e. The lowest BCUT2D eigenvalue weighted by Gasteiger charge is -2.36. The summed E-state index contributed by atoms with van der Waals surface area (Å²) in [5, 5.41) is 0. The topological polar surface area (TPSA) is 29.3 Å². The van der Waals surface area contributed by atoms with Gasteiger partial charge in [0.1, 0.15) is 0 Å². The summed E-state index contributed by atoms with van der Waals surface area (Å²) in [6.45, 7) is 4.48. The predicted molar refractivity (Wildman–Crippen MR) is 76.2 cm³/mol. The number of nitrogens with two attached hydrogens (primary N) is 1. The fraction of sp³-hybridized carbons (Fsp3) is 0.538. The van der Waals surface area contributed by atoms with Gasteiger partial charge >= 0.3 is 0 Å². The third-order valence-electron chi connectivity index (χ3n) is 3.35. The number of benzene rings is 1. The van der Waals surface area contributed by atoms with Gasteiger partial charge < -0.3 is 5.73 Å². The molecule has 1 aromatic rings. The zero-order valence-corrected chi connectivity index (χ0v) is 11.9. The van der Waals surface area contributed by atoms with Gasteiger partial charge in [-0.25, -0.2) is 0 Å². The molecule has 2 N–H and O–H groups in total. The van der Waals surface area contributed by atoms with Crippen LogP contribution >= 0.6 is 22.6 Å². The van der Waals surface area contributed by atoms with Crippen LogP contribution < -0.4 is 5.73 Å². The van der Waals surface area contributed by atoms with Gasteiger partial charge in [0.25, 0.3) is 0 Å². The summed E-state index contributed by atoms with van der Waals surface area (Å²) in [7, 11) is 0. The van der Waals surface area contributed by atoms with Crippen LogP contribution in [0.15, 0.2) is 24.3 Å². The Morgan fingerprint density at radius 3 is 2.69 bits per heavy atom. The zero-order valence-electron chi connectivity index (χ0n) is 9.70. The van der Waals surface area contributed by atoms with E-state index < -0.39 is 0 Å². The maximum Gasteiger partial charge on any atom is 0.0236 e. The van der Waals surface area contributed by atoms with Crippen LogP contribution in [0.1, 0.15) is 25.3 Å². The van der Waals surface area contributed by atoms with E-state index in [1.807, 2.05) is 0 Å². The van der Waals surface area contributed by atoms with Crippen molar-refractivity contribution in [3.8, 4) is 0 Å². The van der Waals surface area contributed by atoms with E-state index in [-0.39, 0.29) is 0 Å². The molecule has 1 fully saturated rings. The van der Waals surface area contributed by atoms with Crippen molar-refractivity contribution in [2.24, 2.45) is 5.73 Å². The second-order valence-electron chi connectivity index (χ2n) is 4.73. The first-order chi connectivity index (χ1) is 7.65. The van der Waals surface area contributed by atoms with Crippen molar-refractivity contribution in [3.05, 3.63) is 33.4 Å². The van der Waals surface area contributed by atoms with Gasteiger partial charge in [0.15, 0.2) is 0 Å². The lowest BCUT2D eigenvalue weighted by atomic mass is 9.98. The van der Waals surface area contributed by atoms with Crippen molar-refractivity contribution in [3.63, 3.8) is 0 Å². The molecule has 0 saturated carbocycles. The van der Waals surface area contributed by atoms with Crippen LogP contribution in [-0.4, -0.2) is 23.5 Å². The predicted octanol–water partition coefficient (Wildman–Crippen LogP) is 2.60. The summed E-state index contributed by atoms with van der Waals surface area (Å²) in [6.07, 6.45) is 2.26. The minimum Gasteiger partial charge on any atom is -0.328 e. The number of hydrogen-bond acceptors (Lipinski definition) is 2. The third kappa shape index (κ3) is 3.18. The molecular formula is C13H19IN2. The molecule has 1 saturated heterocycles. The Balaban J connectivity index is 1.96. The summed E-state index contributed by atoms with van der Waals surface area (Å²) in [6, 6.07) is 9.82. The molecule has 2 atom stereocenters. The van der Waals surface area contributed by atoms with Crippen molar-refractivity contribution >= 4 is 22.6 Å². The Bertz CT molecular complexity index is 336. The highest BCUT2D eigenvalue weighted by Crippen LogP contribution is 2.19. The van der Waals surface area contributed by atoms with Crippen molar-refractivity contribution in [2.75, 3.05) is 6.54 Å². The molecule has 16 heavy (non-hydrogen) atoms. The molecule has 1 aliphatic rings. The van der Waals surface area contributed by atoms with Crippen LogP contribution in [0.3, 0.4) is 0 Å². The molecule has 88 valence electrons. The Labute approximate surface area is 111 Å². The fourth-order valence-electron chi connectivity index (χ4n) is 2.32. The van der Waals surface area contributed by atoms with Gasteiger partial charge in [0.05, 0.1) is 0 Å². The summed E-state index contributed by atoms with van der Waals surface area (Å²) in [5.74, 6) is 0. The molecule has 3 heteroatoms. The van der Waals surface area contributed by atoms with Crippen LogP contribution in [0.4, 0.5) is 0 Å². The van der Waals surface area contributed by atoms with E-state index in [4.69, 9.17) is 5.73 Å². The maximum absolute atomic E-state index is 5.97. The quantitative estimate of drug-likeness (QED) is 0.845. The molecule has 0 radical (unpaired) electrons. The van der Waals surface area contributed by atoms with E-state index in [0.717, 1.165) is 25.9 Å². The van der Waals surface area contributed by atoms with Crippen molar-refractivity contribution < 1.29 is 0 Å². The Morgan fingerprint density at radius 2 is 2.06 bits per heavy atom. The van der Waals surface area contributed by atoms with E-state index in [1.54, 1.807) is 0 Å². The molecule has 2 nitrogen and oxygen atoms in total. The number of piperidine rings is 1. The first-order valence-corrected chi connectivity index (χ1v) is 6.97. The summed E-state index contributed by atoms with van der Waals surface area (Å²) in [4.78, 5) is 2.53. The van der Waals surface area contributed by atoms with Crippen molar-refractivity contribution in [1.29, 1.82) is 0 Å². The van der Waals surface area contributed by atoms with E-state index in [1.165, 1.54) is 9.13 Å². The first kappa shape index (κ1) is 12.3. The average molecular weight is 330 g/mol. The summed E-state index contributed by atoms with van der Waals surface area (Å²) >= 11 is 2.34. The molecule has 0 aliphatic carbocycles. The molecular weight excluding hydrogens is 311 g/mol. The van der Waals surface area contributed by atoms with Crippen LogP contribution in [0.2, 0.25) is 0 Å². The van der Waals surface area contributed by atoms with Gasteiger partial charge in [-0.2, -0.15) is 0 Å². The first-order valence-electron chi connectivity index (χ1n) is 5.89. The fourth-order valence-corrected chi connectivity index (χ4v) is 2.68. The van der Waals surface area contributed by atoms with Gasteiger partial charge in [0, 0.05) is 28.7 Å². The van der Waals surface area contributed by atoms with Crippen molar-refractivity contribution in [1.82, 2.24) is 4.90 Å². The normalized spacial score (nSPS) is 26.9. The van der Waals surface area contributed by atoms with Gasteiger partial charge in [-0.15, -0.1) is 0 Å². The second kappa shape index (κ2) is 5.47. The number of halogens is 1. The van der Waals surface area contributed by atoms with E-state index >= 15 is 0 Å². The number of hydrogen-bond donors (Lipinski definition) is 1. The van der Waals surface area contributed by atoms with Crippen LogP contribution in [-0.2, 0) is 6.54 Å². The van der Waals surface area contributed by atoms with Crippen LogP contribution in [0, 0.1) is 3.57 Å². The van der Waals surface area contributed by atoms with Gasteiger partial charge in [-0.1, -0.05) is 12.1 Å². The SMILES string of the molecule is CC1CC(N)CCN1Cc1ccc(I)cc1. The van der Waals surface area contributed by atoms with Gasteiger partial charge in [0.2, 0.25) is 0 Å². The average Bonchev–Trinajstić information content (AvgIpc) is 2.25. The minimum atomic E-state index is 0.406.